The summed E-state index contributed by atoms with van der Waals surface area (Å²) < 4.78 is 49.0. The number of anilines is 1. The van der Waals surface area contributed by atoms with E-state index in [2.05, 4.69) is 9.97 Å². The van der Waals surface area contributed by atoms with Gasteiger partial charge < -0.3 is 4.90 Å². The van der Waals surface area contributed by atoms with Crippen LogP contribution in [0.3, 0.4) is 0 Å². The van der Waals surface area contributed by atoms with Gasteiger partial charge in [0.2, 0.25) is 5.95 Å². The van der Waals surface area contributed by atoms with E-state index in [-0.39, 0.29) is 12.0 Å². The van der Waals surface area contributed by atoms with Crippen LogP contribution in [-0.2, 0) is 17.0 Å². The summed E-state index contributed by atoms with van der Waals surface area (Å²) in [5.41, 5.74) is -0.941. The van der Waals surface area contributed by atoms with Crippen LogP contribution in [0, 0.1) is 0 Å². The van der Waals surface area contributed by atoms with Crippen LogP contribution in [0.5, 0.6) is 0 Å². The van der Waals surface area contributed by atoms with Gasteiger partial charge in [-0.25, -0.2) is 9.97 Å². The van der Waals surface area contributed by atoms with Gasteiger partial charge in [-0.2, -0.15) is 13.2 Å². The van der Waals surface area contributed by atoms with Gasteiger partial charge in [0.25, 0.3) is 0 Å². The van der Waals surface area contributed by atoms with Crippen molar-refractivity contribution >= 4 is 16.7 Å². The summed E-state index contributed by atoms with van der Waals surface area (Å²) >= 11 is 0. The molecule has 2 heterocycles. The van der Waals surface area contributed by atoms with E-state index < -0.39 is 22.7 Å². The third-order valence-corrected chi connectivity index (χ3v) is 4.54. The van der Waals surface area contributed by atoms with E-state index in [0.717, 1.165) is 12.3 Å². The second kappa shape index (κ2) is 5.44. The molecule has 0 amide bonds. The highest BCUT2D eigenvalue weighted by Gasteiger charge is 2.33. The molecule has 0 bridgehead atoms. The number of aromatic nitrogens is 2. The van der Waals surface area contributed by atoms with Gasteiger partial charge in [0.05, 0.1) is 0 Å². The molecule has 8 heteroatoms. The van der Waals surface area contributed by atoms with Crippen molar-refractivity contribution in [1.82, 2.24) is 9.97 Å². The van der Waals surface area contributed by atoms with Crippen LogP contribution in [-0.4, -0.2) is 38.8 Å². The molecular formula is C11H14F3N3OS. The minimum absolute atomic E-state index is 0.0428. The summed E-state index contributed by atoms with van der Waals surface area (Å²) in [5.74, 6) is 1.22. The van der Waals surface area contributed by atoms with Gasteiger partial charge in [0.15, 0.2) is 0 Å². The van der Waals surface area contributed by atoms with Crippen LogP contribution in [0.2, 0.25) is 0 Å². The fourth-order valence-corrected chi connectivity index (χ4v) is 3.28. The van der Waals surface area contributed by atoms with Gasteiger partial charge in [0, 0.05) is 41.6 Å². The summed E-state index contributed by atoms with van der Waals surface area (Å²) in [4.78, 5) is 9.08. The quantitative estimate of drug-likeness (QED) is 0.835. The first kappa shape index (κ1) is 14.2. The molecular weight excluding hydrogens is 279 g/mol. The minimum Gasteiger partial charge on any atom is -0.341 e. The summed E-state index contributed by atoms with van der Waals surface area (Å²) in [5, 5.41) is 0. The molecule has 0 saturated carbocycles. The van der Waals surface area contributed by atoms with Crippen molar-refractivity contribution < 1.29 is 17.4 Å². The lowest BCUT2D eigenvalue weighted by atomic mass is 10.1. The Labute approximate surface area is 111 Å². The van der Waals surface area contributed by atoms with Gasteiger partial charge >= 0.3 is 6.18 Å². The highest BCUT2D eigenvalue weighted by Crippen LogP contribution is 2.28. The summed E-state index contributed by atoms with van der Waals surface area (Å²) in [7, 11) is 0.875. The standard InChI is InChI=1S/C11H14F3N3OS/c1-17(8-3-6-19(18)7-4-8)10-15-5-2-9(16-10)11(12,13)14/h2,5,8H,3-4,6-7H2,1H3. The van der Waals surface area contributed by atoms with Crippen molar-refractivity contribution in [2.75, 3.05) is 23.5 Å². The highest BCUT2D eigenvalue weighted by atomic mass is 32.2. The minimum atomic E-state index is -4.47. The Kier molecular flexibility index (Phi) is 4.07. The second-order valence-electron chi connectivity index (χ2n) is 4.43. The molecule has 1 aliphatic rings. The molecule has 0 aliphatic carbocycles. The highest BCUT2D eigenvalue weighted by molar-refractivity contribution is 7.85. The van der Waals surface area contributed by atoms with Gasteiger partial charge in [-0.3, -0.25) is 4.21 Å². The molecule has 4 nitrogen and oxygen atoms in total. The third-order valence-electron chi connectivity index (χ3n) is 3.15. The van der Waals surface area contributed by atoms with E-state index in [9.17, 15) is 17.4 Å². The molecule has 0 radical (unpaired) electrons. The van der Waals surface area contributed by atoms with Crippen molar-refractivity contribution in [1.29, 1.82) is 0 Å². The van der Waals surface area contributed by atoms with Crippen molar-refractivity contribution in [2.45, 2.75) is 25.1 Å². The van der Waals surface area contributed by atoms with Crippen molar-refractivity contribution in [3.63, 3.8) is 0 Å². The van der Waals surface area contributed by atoms with E-state index in [1.807, 2.05) is 0 Å². The van der Waals surface area contributed by atoms with Gasteiger partial charge in [-0.15, -0.1) is 0 Å². The molecule has 1 aromatic rings. The Balaban J connectivity index is 2.15. The van der Waals surface area contributed by atoms with Crippen molar-refractivity contribution in [3.8, 4) is 0 Å². The van der Waals surface area contributed by atoms with Crippen LogP contribution < -0.4 is 4.90 Å². The Bertz CT molecular complexity index is 470. The first-order valence-corrected chi connectivity index (χ1v) is 7.35. The lowest BCUT2D eigenvalue weighted by molar-refractivity contribution is -0.141. The molecule has 19 heavy (non-hydrogen) atoms. The summed E-state index contributed by atoms with van der Waals surface area (Å²) in [6.45, 7) is 0. The maximum Gasteiger partial charge on any atom is 0.433 e. The zero-order valence-corrected chi connectivity index (χ0v) is 11.2. The van der Waals surface area contributed by atoms with E-state index in [1.165, 1.54) is 0 Å². The SMILES string of the molecule is CN(c1nccc(C(F)(F)F)n1)C1CCS(=O)CC1. The third kappa shape index (κ3) is 3.43. The Morgan fingerprint density at radius 3 is 2.58 bits per heavy atom. The van der Waals surface area contributed by atoms with E-state index in [4.69, 9.17) is 0 Å². The Morgan fingerprint density at radius 1 is 1.37 bits per heavy atom. The molecule has 1 aromatic heterocycles. The zero-order valence-electron chi connectivity index (χ0n) is 10.4. The lowest BCUT2D eigenvalue weighted by Gasteiger charge is -2.31. The Morgan fingerprint density at radius 2 is 2.00 bits per heavy atom. The van der Waals surface area contributed by atoms with Gasteiger partial charge in [-0.1, -0.05) is 0 Å². The maximum atomic E-state index is 12.6. The monoisotopic (exact) mass is 293 g/mol. The smallest absolute Gasteiger partial charge is 0.341 e. The van der Waals surface area contributed by atoms with Gasteiger partial charge in [-0.05, 0) is 18.9 Å². The second-order valence-corrected chi connectivity index (χ2v) is 6.13. The van der Waals surface area contributed by atoms with Crippen LogP contribution >= 0.6 is 0 Å². The van der Waals surface area contributed by atoms with Crippen LogP contribution in [0.25, 0.3) is 0 Å². The number of rotatable bonds is 2. The maximum absolute atomic E-state index is 12.6. The molecule has 2 rings (SSSR count). The van der Waals surface area contributed by atoms with Crippen molar-refractivity contribution in [3.05, 3.63) is 18.0 Å². The zero-order chi connectivity index (χ0) is 14.0. The largest absolute Gasteiger partial charge is 0.433 e. The number of nitrogens with zero attached hydrogens (tertiary/aromatic N) is 3. The topological polar surface area (TPSA) is 46.1 Å². The first-order chi connectivity index (χ1) is 8.88. The molecule has 1 fully saturated rings. The Hall–Kier alpha value is -1.18. The van der Waals surface area contributed by atoms with E-state index in [1.54, 1.807) is 11.9 Å². The van der Waals surface area contributed by atoms with Crippen LogP contribution in [0.1, 0.15) is 18.5 Å². The average molecular weight is 293 g/mol. The molecule has 1 saturated heterocycles. The average Bonchev–Trinajstić information content (AvgIpc) is 2.38. The predicted octanol–water partition coefficient (Wildman–Crippen LogP) is 1.84. The number of halogens is 3. The summed E-state index contributed by atoms with van der Waals surface area (Å²) in [6.07, 6.45) is -1.99. The fraction of sp³-hybridized carbons (Fsp3) is 0.636. The van der Waals surface area contributed by atoms with Crippen LogP contribution in [0.4, 0.5) is 19.1 Å². The van der Waals surface area contributed by atoms with E-state index in [0.29, 0.717) is 24.3 Å². The van der Waals surface area contributed by atoms with Crippen molar-refractivity contribution in [2.24, 2.45) is 0 Å². The summed E-state index contributed by atoms with van der Waals surface area (Å²) in [6, 6.07) is 0.897. The number of alkyl halides is 3. The first-order valence-electron chi connectivity index (χ1n) is 5.86. The molecule has 0 spiro atoms. The predicted molar refractivity (Wildman–Crippen MR) is 66.3 cm³/mol. The molecule has 0 unspecified atom stereocenters. The van der Waals surface area contributed by atoms with Gasteiger partial charge in [0.1, 0.15) is 5.69 Å². The van der Waals surface area contributed by atoms with E-state index >= 15 is 0 Å². The molecule has 0 aromatic carbocycles. The number of hydrogen-bond acceptors (Lipinski definition) is 4. The molecule has 1 aliphatic heterocycles. The molecule has 0 atom stereocenters. The normalized spacial score (nSPS) is 24.2. The lowest BCUT2D eigenvalue weighted by Crippen LogP contribution is -2.38. The molecule has 0 N–H and O–H groups in total. The van der Waals surface area contributed by atoms with Crippen LogP contribution in [0.15, 0.2) is 12.3 Å². The molecule has 106 valence electrons. The number of hydrogen-bond donors (Lipinski definition) is 0. The fourth-order valence-electron chi connectivity index (χ4n) is 2.01.